The third-order valence-electron chi connectivity index (χ3n) is 8.95. The topological polar surface area (TPSA) is 20.2 Å². The largest absolute Gasteiger partial charge is 0.390 e. The van der Waals surface area contributed by atoms with E-state index in [-0.39, 0.29) is 30.1 Å². The van der Waals surface area contributed by atoms with Crippen LogP contribution >= 0.6 is 15.9 Å². The number of aliphatic hydroxyl groups is 1. The molecule has 4 saturated carbocycles. The predicted octanol–water partition coefficient (Wildman–Crippen LogP) is 6.20. The molecular weight excluding hydrogens is 398 g/mol. The summed E-state index contributed by atoms with van der Waals surface area (Å²) in [5.41, 5.74) is 0.490. The number of rotatable bonds is 2. The minimum absolute atomic E-state index is 0.0443. The molecule has 4 fully saturated rings. The predicted molar refractivity (Wildman–Crippen MR) is 104 cm³/mol. The Balaban J connectivity index is 1.63. The van der Waals surface area contributed by atoms with Crippen LogP contribution in [-0.4, -0.2) is 22.0 Å². The first kappa shape index (κ1) is 19.4. The molecule has 0 heterocycles. The van der Waals surface area contributed by atoms with Crippen molar-refractivity contribution < 1.29 is 13.9 Å². The molecule has 26 heavy (non-hydrogen) atoms. The van der Waals surface area contributed by atoms with Crippen molar-refractivity contribution in [1.29, 1.82) is 0 Å². The van der Waals surface area contributed by atoms with Crippen molar-refractivity contribution in [3.05, 3.63) is 12.2 Å². The lowest BCUT2D eigenvalue weighted by Crippen LogP contribution is -2.57. The van der Waals surface area contributed by atoms with Gasteiger partial charge in [0.1, 0.15) is 0 Å². The van der Waals surface area contributed by atoms with Crippen molar-refractivity contribution in [2.75, 3.05) is 5.33 Å². The first-order valence-corrected chi connectivity index (χ1v) is 11.5. The van der Waals surface area contributed by atoms with E-state index in [2.05, 4.69) is 29.4 Å². The van der Waals surface area contributed by atoms with Gasteiger partial charge in [0, 0.05) is 17.7 Å². The van der Waals surface area contributed by atoms with E-state index in [1.54, 1.807) is 6.92 Å². The number of hydrogen-bond donors (Lipinski definition) is 1. The molecule has 0 radical (unpaired) electrons. The fourth-order valence-electron chi connectivity index (χ4n) is 7.75. The van der Waals surface area contributed by atoms with E-state index in [9.17, 15) is 5.11 Å². The number of allylic oxidation sites excluding steroid dienone is 1. The molecule has 1 nitrogen and oxygen atoms in total. The molecule has 0 unspecified atom stereocenters. The normalized spacial score (nSPS) is 52.7. The van der Waals surface area contributed by atoms with Crippen LogP contribution in [0.25, 0.3) is 0 Å². The standard InChI is InChI=1S/C22H33BrF2O/c1-13(12-23)17-4-5-18-16-10-22(24,25)19-11-20(2,26)8-6-15(19)14(16)7-9-21(17,18)3/h14-19,26H,1,4-12H2,2-3H3/t14-,15-,16-,17-,18+,19+,20+,21-/m1/s1. The summed E-state index contributed by atoms with van der Waals surface area (Å²) in [6.07, 6.45) is 6.21. The highest BCUT2D eigenvalue weighted by atomic mass is 79.9. The molecule has 0 bridgehead atoms. The zero-order valence-corrected chi connectivity index (χ0v) is 17.7. The fourth-order valence-corrected chi connectivity index (χ4v) is 8.14. The molecule has 4 aliphatic carbocycles. The average molecular weight is 431 g/mol. The molecule has 4 aliphatic rings. The maximum atomic E-state index is 15.2. The zero-order valence-electron chi connectivity index (χ0n) is 16.1. The van der Waals surface area contributed by atoms with E-state index in [1.807, 2.05) is 0 Å². The van der Waals surface area contributed by atoms with E-state index < -0.39 is 17.4 Å². The smallest absolute Gasteiger partial charge is 0.251 e. The van der Waals surface area contributed by atoms with Crippen LogP contribution in [0.4, 0.5) is 8.78 Å². The van der Waals surface area contributed by atoms with Gasteiger partial charge in [0.05, 0.1) is 5.60 Å². The molecule has 0 aliphatic heterocycles. The second kappa shape index (κ2) is 6.27. The van der Waals surface area contributed by atoms with Gasteiger partial charge >= 0.3 is 0 Å². The summed E-state index contributed by atoms with van der Waals surface area (Å²) in [5, 5.41) is 11.2. The highest BCUT2D eigenvalue weighted by Gasteiger charge is 2.63. The molecule has 0 saturated heterocycles. The summed E-state index contributed by atoms with van der Waals surface area (Å²) in [4.78, 5) is 0. The highest BCUT2D eigenvalue weighted by molar-refractivity contribution is 9.09. The lowest BCUT2D eigenvalue weighted by atomic mass is 9.48. The van der Waals surface area contributed by atoms with Gasteiger partial charge in [0.15, 0.2) is 0 Å². The van der Waals surface area contributed by atoms with Crippen LogP contribution in [0.3, 0.4) is 0 Å². The van der Waals surface area contributed by atoms with Crippen LogP contribution in [-0.2, 0) is 0 Å². The third-order valence-corrected chi connectivity index (χ3v) is 9.67. The van der Waals surface area contributed by atoms with E-state index in [0.29, 0.717) is 24.2 Å². The van der Waals surface area contributed by atoms with Crippen molar-refractivity contribution in [3.63, 3.8) is 0 Å². The van der Waals surface area contributed by atoms with Crippen molar-refractivity contribution in [1.82, 2.24) is 0 Å². The van der Waals surface area contributed by atoms with Gasteiger partial charge in [-0.1, -0.05) is 35.0 Å². The lowest BCUT2D eigenvalue weighted by molar-refractivity contribution is -0.209. The van der Waals surface area contributed by atoms with Crippen molar-refractivity contribution in [2.45, 2.75) is 76.7 Å². The molecule has 4 rings (SSSR count). The SMILES string of the molecule is C=C(CBr)[C@H]1CC[C@H]2[C@@H]3CC(F)(F)[C@H]4C[C@@](C)(O)CC[C@@H]4[C@H]3CC[C@]12C. The van der Waals surface area contributed by atoms with Crippen LogP contribution in [0.5, 0.6) is 0 Å². The molecule has 0 amide bonds. The Morgan fingerprint density at radius 2 is 1.69 bits per heavy atom. The Morgan fingerprint density at radius 1 is 1.00 bits per heavy atom. The average Bonchev–Trinajstić information content (AvgIpc) is 2.91. The van der Waals surface area contributed by atoms with Crippen LogP contribution in [0, 0.1) is 40.9 Å². The molecule has 8 atom stereocenters. The third kappa shape index (κ3) is 2.84. The minimum atomic E-state index is -2.63. The number of hydrogen-bond acceptors (Lipinski definition) is 1. The fraction of sp³-hybridized carbons (Fsp3) is 0.909. The molecular formula is C22H33BrF2O. The van der Waals surface area contributed by atoms with E-state index in [4.69, 9.17) is 0 Å². The van der Waals surface area contributed by atoms with Crippen LogP contribution in [0.15, 0.2) is 12.2 Å². The summed E-state index contributed by atoms with van der Waals surface area (Å²) >= 11 is 3.57. The van der Waals surface area contributed by atoms with Gasteiger partial charge in [-0.3, -0.25) is 0 Å². The summed E-state index contributed by atoms with van der Waals surface area (Å²) in [7, 11) is 0. The van der Waals surface area contributed by atoms with Gasteiger partial charge in [-0.25, -0.2) is 8.78 Å². The van der Waals surface area contributed by atoms with E-state index >= 15 is 8.78 Å². The summed E-state index contributed by atoms with van der Waals surface area (Å²) in [5.74, 6) is -1.66. The Morgan fingerprint density at radius 3 is 2.38 bits per heavy atom. The van der Waals surface area contributed by atoms with Gasteiger partial charge < -0.3 is 5.11 Å². The highest BCUT2D eigenvalue weighted by Crippen LogP contribution is 2.67. The second-order valence-electron chi connectivity index (χ2n) is 10.4. The summed E-state index contributed by atoms with van der Waals surface area (Å²) < 4.78 is 30.4. The quantitative estimate of drug-likeness (QED) is 0.408. The first-order chi connectivity index (χ1) is 12.1. The second-order valence-corrected chi connectivity index (χ2v) is 10.9. The molecule has 0 spiro atoms. The van der Waals surface area contributed by atoms with Crippen LogP contribution in [0.2, 0.25) is 0 Å². The summed E-state index contributed by atoms with van der Waals surface area (Å²) in [6.45, 7) is 8.39. The molecule has 0 aromatic carbocycles. The van der Waals surface area contributed by atoms with Gasteiger partial charge in [-0.05, 0) is 86.9 Å². The van der Waals surface area contributed by atoms with Crippen LogP contribution < -0.4 is 0 Å². The monoisotopic (exact) mass is 430 g/mol. The Kier molecular flexibility index (Phi) is 4.67. The van der Waals surface area contributed by atoms with Crippen LogP contribution in [0.1, 0.15) is 65.2 Å². The van der Waals surface area contributed by atoms with Gasteiger partial charge in [-0.2, -0.15) is 0 Å². The lowest BCUT2D eigenvalue weighted by Gasteiger charge is -2.58. The number of alkyl halides is 3. The van der Waals surface area contributed by atoms with Crippen molar-refractivity contribution >= 4 is 15.9 Å². The maximum absolute atomic E-state index is 15.2. The molecule has 4 heteroatoms. The minimum Gasteiger partial charge on any atom is -0.390 e. The summed E-state index contributed by atoms with van der Waals surface area (Å²) in [6, 6.07) is 0. The maximum Gasteiger partial charge on any atom is 0.251 e. The Bertz CT molecular complexity index is 589. The zero-order chi connectivity index (χ0) is 18.9. The van der Waals surface area contributed by atoms with Crippen molar-refractivity contribution in [3.8, 4) is 0 Å². The first-order valence-electron chi connectivity index (χ1n) is 10.4. The number of fused-ring (bicyclic) bond motifs is 5. The van der Waals surface area contributed by atoms with Gasteiger partial charge in [0.2, 0.25) is 0 Å². The molecule has 148 valence electrons. The molecule has 1 N–H and O–H groups in total. The molecule has 0 aromatic heterocycles. The Hall–Kier alpha value is 0.0400. The van der Waals surface area contributed by atoms with Gasteiger partial charge in [-0.15, -0.1) is 0 Å². The van der Waals surface area contributed by atoms with E-state index in [1.165, 1.54) is 5.57 Å². The van der Waals surface area contributed by atoms with Gasteiger partial charge in [0.25, 0.3) is 5.92 Å². The van der Waals surface area contributed by atoms with Crippen molar-refractivity contribution in [2.24, 2.45) is 40.9 Å². The van der Waals surface area contributed by atoms with E-state index in [0.717, 1.165) is 37.4 Å². The Labute approximate surface area is 165 Å². The molecule has 0 aromatic rings. The number of halogens is 3.